The van der Waals surface area contributed by atoms with Crippen molar-refractivity contribution in [1.82, 2.24) is 4.90 Å². The third-order valence-electron chi connectivity index (χ3n) is 4.29. The van der Waals surface area contributed by atoms with Crippen molar-refractivity contribution in [2.24, 2.45) is 5.92 Å². The Morgan fingerprint density at radius 3 is 2.74 bits per heavy atom. The largest absolute Gasteiger partial charge is 0.490 e. The highest BCUT2D eigenvalue weighted by Crippen LogP contribution is 2.32. The van der Waals surface area contributed by atoms with Crippen LogP contribution in [0.4, 0.5) is 5.69 Å². The third kappa shape index (κ3) is 3.96. The lowest BCUT2D eigenvalue weighted by atomic mass is 9.96. The number of hydrogen-bond acceptors (Lipinski definition) is 4. The number of carbonyl (C=O) groups excluding carboxylic acids is 1. The van der Waals surface area contributed by atoms with Gasteiger partial charge >= 0.3 is 0 Å². The van der Waals surface area contributed by atoms with E-state index in [0.29, 0.717) is 25.5 Å². The van der Waals surface area contributed by atoms with Crippen LogP contribution in [-0.2, 0) is 4.79 Å². The van der Waals surface area contributed by atoms with Gasteiger partial charge in [-0.3, -0.25) is 9.69 Å². The maximum atomic E-state index is 12.4. The van der Waals surface area contributed by atoms with E-state index >= 15 is 0 Å². The molecule has 3 rings (SSSR count). The lowest BCUT2D eigenvalue weighted by molar-refractivity contribution is -0.121. The number of piperidine rings is 1. The van der Waals surface area contributed by atoms with Gasteiger partial charge < -0.3 is 14.8 Å². The molecule has 0 unspecified atom stereocenters. The van der Waals surface area contributed by atoms with Crippen molar-refractivity contribution in [3.05, 3.63) is 18.2 Å². The maximum absolute atomic E-state index is 12.4. The van der Waals surface area contributed by atoms with E-state index in [1.807, 2.05) is 18.2 Å². The Morgan fingerprint density at radius 2 is 2.00 bits per heavy atom. The fraction of sp³-hybridized carbons (Fsp3) is 0.500. The molecule has 0 atom stereocenters. The van der Waals surface area contributed by atoms with Gasteiger partial charge in [-0.05, 0) is 38.1 Å². The molecular weight excluding hydrogens is 292 g/mol. The van der Waals surface area contributed by atoms with E-state index in [1.165, 1.54) is 0 Å². The first-order valence-electron chi connectivity index (χ1n) is 8.12. The molecule has 23 heavy (non-hydrogen) atoms. The standard InChI is InChI=1S/C18H22N2O3/c1-2-8-20-9-6-14(7-10-20)18(21)19-15-4-5-16-17(13-15)23-12-3-11-22-16/h1,4-5,13-14H,3,6-12H2,(H,19,21). The van der Waals surface area contributed by atoms with Crippen molar-refractivity contribution >= 4 is 11.6 Å². The molecule has 1 saturated heterocycles. The van der Waals surface area contributed by atoms with Crippen molar-refractivity contribution in [2.45, 2.75) is 19.3 Å². The molecule has 0 spiro atoms. The molecule has 2 heterocycles. The van der Waals surface area contributed by atoms with Gasteiger partial charge in [-0.25, -0.2) is 0 Å². The zero-order valence-corrected chi connectivity index (χ0v) is 13.2. The lowest BCUT2D eigenvalue weighted by Gasteiger charge is -2.29. The van der Waals surface area contributed by atoms with E-state index in [-0.39, 0.29) is 11.8 Å². The van der Waals surface area contributed by atoms with Crippen LogP contribution in [0.3, 0.4) is 0 Å². The second-order valence-corrected chi connectivity index (χ2v) is 5.96. The van der Waals surface area contributed by atoms with Gasteiger partial charge in [0.1, 0.15) is 0 Å². The number of nitrogens with one attached hydrogen (secondary N) is 1. The van der Waals surface area contributed by atoms with Crippen LogP contribution in [0.15, 0.2) is 18.2 Å². The molecule has 0 saturated carbocycles. The van der Waals surface area contributed by atoms with Crippen LogP contribution in [0.1, 0.15) is 19.3 Å². The molecular formula is C18H22N2O3. The maximum Gasteiger partial charge on any atom is 0.227 e. The number of rotatable bonds is 3. The van der Waals surface area contributed by atoms with Crippen molar-refractivity contribution in [2.75, 3.05) is 38.2 Å². The number of terminal acetylenes is 1. The Morgan fingerprint density at radius 1 is 1.26 bits per heavy atom. The Labute approximate surface area is 136 Å². The minimum atomic E-state index is 0.0417. The highest BCUT2D eigenvalue weighted by Gasteiger charge is 2.24. The van der Waals surface area contributed by atoms with Crippen molar-refractivity contribution in [3.63, 3.8) is 0 Å². The van der Waals surface area contributed by atoms with Crippen LogP contribution in [0, 0.1) is 18.3 Å². The Balaban J connectivity index is 1.58. The quantitative estimate of drug-likeness (QED) is 0.869. The lowest BCUT2D eigenvalue weighted by Crippen LogP contribution is -2.38. The van der Waals surface area contributed by atoms with E-state index < -0.39 is 0 Å². The molecule has 122 valence electrons. The number of fused-ring (bicyclic) bond motifs is 1. The molecule has 0 aliphatic carbocycles. The first kappa shape index (κ1) is 15.7. The molecule has 5 nitrogen and oxygen atoms in total. The smallest absolute Gasteiger partial charge is 0.227 e. The second-order valence-electron chi connectivity index (χ2n) is 5.96. The molecule has 2 aliphatic rings. The van der Waals surface area contributed by atoms with Crippen molar-refractivity contribution in [1.29, 1.82) is 0 Å². The number of benzene rings is 1. The topological polar surface area (TPSA) is 50.8 Å². The molecule has 2 aliphatic heterocycles. The van der Waals surface area contributed by atoms with Crippen LogP contribution in [0.5, 0.6) is 11.5 Å². The number of carbonyl (C=O) groups is 1. The van der Waals surface area contributed by atoms with Gasteiger partial charge in [0, 0.05) is 24.1 Å². The van der Waals surface area contributed by atoms with Crippen molar-refractivity contribution in [3.8, 4) is 23.8 Å². The highest BCUT2D eigenvalue weighted by atomic mass is 16.5. The Hall–Kier alpha value is -2.19. The molecule has 1 aromatic rings. The summed E-state index contributed by atoms with van der Waals surface area (Å²) < 4.78 is 11.3. The summed E-state index contributed by atoms with van der Waals surface area (Å²) in [5.41, 5.74) is 0.755. The van der Waals surface area contributed by atoms with E-state index in [1.54, 1.807) is 0 Å². The molecule has 1 amide bonds. The van der Waals surface area contributed by atoms with Crippen LogP contribution >= 0.6 is 0 Å². The fourth-order valence-corrected chi connectivity index (χ4v) is 2.97. The number of amides is 1. The van der Waals surface area contributed by atoms with E-state index in [4.69, 9.17) is 15.9 Å². The fourth-order valence-electron chi connectivity index (χ4n) is 2.97. The number of hydrogen-bond donors (Lipinski definition) is 1. The number of nitrogens with zero attached hydrogens (tertiary/aromatic N) is 1. The summed E-state index contributed by atoms with van der Waals surface area (Å²) >= 11 is 0. The summed E-state index contributed by atoms with van der Waals surface area (Å²) in [4.78, 5) is 14.6. The predicted molar refractivity (Wildman–Crippen MR) is 88.7 cm³/mol. The normalized spacial score (nSPS) is 18.7. The molecule has 0 radical (unpaired) electrons. The monoisotopic (exact) mass is 314 g/mol. The van der Waals surface area contributed by atoms with Gasteiger partial charge in [0.15, 0.2) is 11.5 Å². The molecule has 1 fully saturated rings. The SMILES string of the molecule is C#CCN1CCC(C(=O)Nc2ccc3c(c2)OCCCO3)CC1. The molecule has 0 aromatic heterocycles. The van der Waals surface area contributed by atoms with Gasteiger partial charge in [-0.2, -0.15) is 0 Å². The summed E-state index contributed by atoms with van der Waals surface area (Å²) in [6.45, 7) is 3.72. The average molecular weight is 314 g/mol. The van der Waals surface area contributed by atoms with Crippen molar-refractivity contribution < 1.29 is 14.3 Å². The summed E-state index contributed by atoms with van der Waals surface area (Å²) in [6, 6.07) is 5.55. The van der Waals surface area contributed by atoms with Gasteiger partial charge in [0.05, 0.1) is 19.8 Å². The minimum Gasteiger partial charge on any atom is -0.490 e. The van der Waals surface area contributed by atoms with Crippen LogP contribution < -0.4 is 14.8 Å². The first-order chi connectivity index (χ1) is 11.3. The van der Waals surface area contributed by atoms with Crippen LogP contribution in [0.25, 0.3) is 0 Å². The molecule has 1 aromatic carbocycles. The van der Waals surface area contributed by atoms with Gasteiger partial charge in [-0.1, -0.05) is 5.92 Å². The van der Waals surface area contributed by atoms with Crippen LogP contribution in [0.2, 0.25) is 0 Å². The van der Waals surface area contributed by atoms with E-state index in [2.05, 4.69) is 16.1 Å². The van der Waals surface area contributed by atoms with Gasteiger partial charge in [-0.15, -0.1) is 6.42 Å². The second kappa shape index (κ2) is 7.38. The van der Waals surface area contributed by atoms with Crippen LogP contribution in [-0.4, -0.2) is 43.7 Å². The Bertz CT molecular complexity index is 601. The van der Waals surface area contributed by atoms with E-state index in [0.717, 1.165) is 43.8 Å². The van der Waals surface area contributed by atoms with Gasteiger partial charge in [0.25, 0.3) is 0 Å². The number of anilines is 1. The highest BCUT2D eigenvalue weighted by molar-refractivity contribution is 5.93. The van der Waals surface area contributed by atoms with E-state index in [9.17, 15) is 4.79 Å². The zero-order valence-electron chi connectivity index (χ0n) is 13.2. The number of likely N-dealkylation sites (tertiary alicyclic amines) is 1. The minimum absolute atomic E-state index is 0.0417. The summed E-state index contributed by atoms with van der Waals surface area (Å²) in [5, 5.41) is 3.00. The molecule has 1 N–H and O–H groups in total. The molecule has 0 bridgehead atoms. The predicted octanol–water partition coefficient (Wildman–Crippen LogP) is 2.13. The van der Waals surface area contributed by atoms with Gasteiger partial charge in [0.2, 0.25) is 5.91 Å². The third-order valence-corrected chi connectivity index (χ3v) is 4.29. The zero-order chi connectivity index (χ0) is 16.1. The first-order valence-corrected chi connectivity index (χ1v) is 8.12. The molecule has 5 heteroatoms. The summed E-state index contributed by atoms with van der Waals surface area (Å²) in [7, 11) is 0. The summed E-state index contributed by atoms with van der Waals surface area (Å²) in [6.07, 6.45) is 7.89. The Kier molecular flexibility index (Phi) is 5.04. The summed E-state index contributed by atoms with van der Waals surface area (Å²) in [5.74, 6) is 4.20. The number of ether oxygens (including phenoxy) is 2. The average Bonchev–Trinajstić information content (AvgIpc) is 2.80.